The van der Waals surface area contributed by atoms with Gasteiger partial charge in [-0.15, -0.1) is 11.8 Å². The lowest BCUT2D eigenvalue weighted by atomic mass is 10.2. The maximum Gasteiger partial charge on any atom is 0.316 e. The zero-order valence-corrected chi connectivity index (χ0v) is 17.0. The molecule has 0 saturated carbocycles. The van der Waals surface area contributed by atoms with E-state index in [4.69, 9.17) is 16.3 Å². The number of hydrogen-bond acceptors (Lipinski definition) is 5. The number of nitrogens with one attached hydrogen (secondary N) is 1. The summed E-state index contributed by atoms with van der Waals surface area (Å²) in [6, 6.07) is 6.78. The molecule has 1 aliphatic rings. The van der Waals surface area contributed by atoms with E-state index >= 15 is 0 Å². The number of carbonyl (C=O) groups excluding carboxylic acids is 3. The van der Waals surface area contributed by atoms with E-state index in [9.17, 15) is 14.4 Å². The molecule has 6 nitrogen and oxygen atoms in total. The fraction of sp³-hybridized carbons (Fsp3) is 0.526. The number of anilines is 1. The molecule has 1 aromatic rings. The number of benzene rings is 1. The first kappa shape index (κ1) is 21.6. The minimum absolute atomic E-state index is 0.0195. The van der Waals surface area contributed by atoms with Crippen LogP contribution in [0, 0.1) is 0 Å². The molecule has 1 atom stereocenters. The molecule has 1 aromatic carbocycles. The summed E-state index contributed by atoms with van der Waals surface area (Å²) in [4.78, 5) is 37.9. The third-order valence-corrected chi connectivity index (χ3v) is 5.31. The number of halogens is 1. The van der Waals surface area contributed by atoms with E-state index in [2.05, 4.69) is 5.32 Å². The molecule has 2 amide bonds. The van der Waals surface area contributed by atoms with Crippen molar-refractivity contribution in [2.45, 2.75) is 38.7 Å². The zero-order valence-electron chi connectivity index (χ0n) is 15.4. The Labute approximate surface area is 169 Å². The Hall–Kier alpha value is -1.73. The molecule has 27 heavy (non-hydrogen) atoms. The van der Waals surface area contributed by atoms with E-state index in [1.165, 1.54) is 0 Å². The molecule has 148 valence electrons. The predicted octanol–water partition coefficient (Wildman–Crippen LogP) is 3.35. The maximum atomic E-state index is 12.4. The van der Waals surface area contributed by atoms with Gasteiger partial charge < -0.3 is 15.0 Å². The van der Waals surface area contributed by atoms with Crippen molar-refractivity contribution in [3.05, 3.63) is 29.3 Å². The van der Waals surface area contributed by atoms with E-state index < -0.39 is 12.1 Å². The van der Waals surface area contributed by atoms with Crippen LogP contribution in [0.4, 0.5) is 5.69 Å². The number of hydrogen-bond donors (Lipinski definition) is 1. The van der Waals surface area contributed by atoms with Crippen LogP contribution in [-0.4, -0.2) is 53.4 Å². The highest BCUT2D eigenvalue weighted by molar-refractivity contribution is 8.00. The van der Waals surface area contributed by atoms with Crippen LogP contribution in [0.15, 0.2) is 24.3 Å². The summed E-state index contributed by atoms with van der Waals surface area (Å²) in [5.74, 6) is -0.716. The minimum atomic E-state index is -0.793. The van der Waals surface area contributed by atoms with Gasteiger partial charge in [-0.05, 0) is 44.0 Å². The van der Waals surface area contributed by atoms with Gasteiger partial charge in [0.15, 0.2) is 6.10 Å². The molecule has 0 unspecified atom stereocenters. The quantitative estimate of drug-likeness (QED) is 0.695. The van der Waals surface area contributed by atoms with E-state index in [-0.39, 0.29) is 23.3 Å². The molecule has 0 radical (unpaired) electrons. The smallest absolute Gasteiger partial charge is 0.316 e. The summed E-state index contributed by atoms with van der Waals surface area (Å²) in [5, 5.41) is 3.31. The Morgan fingerprint density at radius 1 is 1.11 bits per heavy atom. The van der Waals surface area contributed by atoms with Crippen molar-refractivity contribution in [3.63, 3.8) is 0 Å². The Morgan fingerprint density at radius 3 is 2.37 bits per heavy atom. The summed E-state index contributed by atoms with van der Waals surface area (Å²) in [7, 11) is 0. The van der Waals surface area contributed by atoms with E-state index in [1.807, 2.05) is 0 Å². The van der Waals surface area contributed by atoms with Gasteiger partial charge in [-0.25, -0.2) is 0 Å². The van der Waals surface area contributed by atoms with Crippen LogP contribution in [0.2, 0.25) is 5.02 Å². The zero-order chi connectivity index (χ0) is 19.6. The molecule has 0 bridgehead atoms. The molecule has 1 saturated heterocycles. The fourth-order valence-corrected chi connectivity index (χ4v) is 3.51. The Bertz CT molecular complexity index is 646. The Balaban J connectivity index is 1.66. The van der Waals surface area contributed by atoms with Crippen LogP contribution in [0.1, 0.15) is 32.6 Å². The SMILES string of the molecule is C[C@H](OC(=O)CSCC(=O)Nc1ccc(Cl)cc1)C(=O)N1CCCCCC1. The van der Waals surface area contributed by atoms with Crippen molar-refractivity contribution in [3.8, 4) is 0 Å². The summed E-state index contributed by atoms with van der Waals surface area (Å²) >= 11 is 6.94. The van der Waals surface area contributed by atoms with Crippen molar-refractivity contribution in [2.24, 2.45) is 0 Å². The first-order valence-corrected chi connectivity index (χ1v) is 10.6. The van der Waals surface area contributed by atoms with Gasteiger partial charge in [0.05, 0.1) is 11.5 Å². The van der Waals surface area contributed by atoms with E-state index in [0.29, 0.717) is 10.7 Å². The Kier molecular flexibility index (Phi) is 8.94. The van der Waals surface area contributed by atoms with Crippen LogP contribution >= 0.6 is 23.4 Å². The van der Waals surface area contributed by atoms with Gasteiger partial charge in [-0.2, -0.15) is 0 Å². The van der Waals surface area contributed by atoms with Crippen molar-refractivity contribution < 1.29 is 19.1 Å². The molecule has 1 N–H and O–H groups in total. The third kappa shape index (κ3) is 7.81. The minimum Gasteiger partial charge on any atom is -0.452 e. The highest BCUT2D eigenvalue weighted by atomic mass is 35.5. The lowest BCUT2D eigenvalue weighted by Gasteiger charge is -2.23. The number of ether oxygens (including phenoxy) is 1. The number of nitrogens with zero attached hydrogens (tertiary/aromatic N) is 1. The maximum absolute atomic E-state index is 12.4. The van der Waals surface area contributed by atoms with Crippen molar-refractivity contribution in [1.29, 1.82) is 0 Å². The first-order chi connectivity index (χ1) is 13.0. The lowest BCUT2D eigenvalue weighted by molar-refractivity contribution is -0.157. The topological polar surface area (TPSA) is 75.7 Å². The van der Waals surface area contributed by atoms with Crippen LogP contribution in [0.25, 0.3) is 0 Å². The second kappa shape index (κ2) is 11.2. The second-order valence-electron chi connectivity index (χ2n) is 6.42. The summed E-state index contributed by atoms with van der Waals surface area (Å²) < 4.78 is 5.22. The molecule has 1 aliphatic heterocycles. The molecule has 8 heteroatoms. The average molecular weight is 413 g/mol. The summed E-state index contributed by atoms with van der Waals surface area (Å²) in [5.41, 5.74) is 0.643. The number of thioether (sulfide) groups is 1. The van der Waals surface area contributed by atoms with Gasteiger partial charge in [-0.1, -0.05) is 24.4 Å². The van der Waals surface area contributed by atoms with Crippen molar-refractivity contribution in [1.82, 2.24) is 4.90 Å². The molecular weight excluding hydrogens is 388 g/mol. The number of likely N-dealkylation sites (tertiary alicyclic amines) is 1. The third-order valence-electron chi connectivity index (χ3n) is 4.15. The molecule has 2 rings (SSSR count). The van der Waals surface area contributed by atoms with Crippen LogP contribution < -0.4 is 5.32 Å². The van der Waals surface area contributed by atoms with Crippen LogP contribution in [-0.2, 0) is 19.1 Å². The number of rotatable bonds is 7. The van der Waals surface area contributed by atoms with Gasteiger partial charge in [0.1, 0.15) is 0 Å². The molecule has 0 spiro atoms. The summed E-state index contributed by atoms with van der Waals surface area (Å²) in [6.45, 7) is 3.05. The highest BCUT2D eigenvalue weighted by Crippen LogP contribution is 2.14. The lowest BCUT2D eigenvalue weighted by Crippen LogP contribution is -2.40. The fourth-order valence-electron chi connectivity index (χ4n) is 2.79. The van der Waals surface area contributed by atoms with Gasteiger partial charge in [0.25, 0.3) is 5.91 Å². The normalized spacial score (nSPS) is 15.6. The molecule has 1 fully saturated rings. The first-order valence-electron chi connectivity index (χ1n) is 9.07. The van der Waals surface area contributed by atoms with Gasteiger partial charge in [0.2, 0.25) is 5.91 Å². The second-order valence-corrected chi connectivity index (χ2v) is 7.84. The summed E-state index contributed by atoms with van der Waals surface area (Å²) in [6.07, 6.45) is 3.45. The van der Waals surface area contributed by atoms with Crippen molar-refractivity contribution in [2.75, 3.05) is 29.9 Å². The van der Waals surface area contributed by atoms with Gasteiger partial charge in [-0.3, -0.25) is 14.4 Å². The van der Waals surface area contributed by atoms with Crippen LogP contribution in [0.5, 0.6) is 0 Å². The predicted molar refractivity (Wildman–Crippen MR) is 108 cm³/mol. The number of amides is 2. The highest BCUT2D eigenvalue weighted by Gasteiger charge is 2.24. The molecule has 1 heterocycles. The van der Waals surface area contributed by atoms with E-state index in [1.54, 1.807) is 36.1 Å². The standard InChI is InChI=1S/C19H25ClN2O4S/c1-14(19(25)22-10-4-2-3-5-11-22)26-18(24)13-27-12-17(23)21-16-8-6-15(20)7-9-16/h6-9,14H,2-5,10-13H2,1H3,(H,21,23)/t14-/m0/s1. The van der Waals surface area contributed by atoms with E-state index in [0.717, 1.165) is 50.5 Å². The van der Waals surface area contributed by atoms with Crippen LogP contribution in [0.3, 0.4) is 0 Å². The van der Waals surface area contributed by atoms with Crippen molar-refractivity contribution >= 4 is 46.8 Å². The van der Waals surface area contributed by atoms with Gasteiger partial charge in [0, 0.05) is 23.8 Å². The average Bonchev–Trinajstić information content (AvgIpc) is 2.92. The largest absolute Gasteiger partial charge is 0.452 e. The Morgan fingerprint density at radius 2 is 1.74 bits per heavy atom. The number of esters is 1. The molecule has 0 aromatic heterocycles. The monoisotopic (exact) mass is 412 g/mol. The van der Waals surface area contributed by atoms with Gasteiger partial charge >= 0.3 is 5.97 Å². The number of carbonyl (C=O) groups is 3. The molecular formula is C19H25ClN2O4S. The molecule has 0 aliphatic carbocycles.